The zero-order chi connectivity index (χ0) is 44.1. The molecule has 0 radical (unpaired) electrons. The fourth-order valence-corrected chi connectivity index (χ4v) is 7.55. The van der Waals surface area contributed by atoms with E-state index in [9.17, 15) is 52.7 Å². The molecule has 12 N–H and O–H groups in total. The Bertz CT molecular complexity index is 1980. The molecule has 2 aliphatic rings. The largest absolute Gasteiger partial charge is 0.469 e. The van der Waals surface area contributed by atoms with Crippen LogP contribution in [0.4, 0.5) is 0 Å². The minimum absolute atomic E-state index is 0.00410. The van der Waals surface area contributed by atoms with E-state index in [0.29, 0.717) is 18.4 Å². The molecule has 7 atom stereocenters. The number of rotatable bonds is 11. The number of primary amides is 1. The minimum Gasteiger partial charge on any atom is -0.370 e. The molecule has 2 aromatic carbocycles. The van der Waals surface area contributed by atoms with Crippen molar-refractivity contribution in [1.82, 2.24) is 36.8 Å². The van der Waals surface area contributed by atoms with Gasteiger partial charge in [-0.1, -0.05) is 42.5 Å². The number of nitrogens with one attached hydrogen (secondary N) is 6. The van der Waals surface area contributed by atoms with Gasteiger partial charge in [0.05, 0.1) is 12.6 Å². The molecule has 328 valence electrons. The van der Waals surface area contributed by atoms with E-state index < -0.39 is 104 Å². The molecule has 0 aromatic heterocycles. The van der Waals surface area contributed by atoms with E-state index in [0.717, 1.165) is 22.6 Å². The number of amides is 8. The summed E-state index contributed by atoms with van der Waals surface area (Å²) in [6, 6.07) is 4.52. The Balaban J connectivity index is 1.78. The SMILES string of the molecule is C[C@H]1NC(=O)[C@H](CCC(N)=O)NC(=O)[C@H](CCCN)NC(=O)[C@H](Cc2ccc3ccccc3c2)NC(=O)[C@@H]2CCCCN2C(=O)[C@H]([C@@H](C)OP(=O)(O)O)NC(=O)CNC1=O. The molecule has 22 heteroatoms. The molecule has 0 saturated carbocycles. The number of phosphoric acid groups is 1. The highest BCUT2D eigenvalue weighted by Crippen LogP contribution is 2.38. The topological polar surface area (TPSA) is 331 Å². The third-order valence-corrected chi connectivity index (χ3v) is 10.8. The van der Waals surface area contributed by atoms with E-state index >= 15 is 0 Å². The zero-order valence-corrected chi connectivity index (χ0v) is 34.3. The second-order valence-corrected chi connectivity index (χ2v) is 16.0. The number of benzene rings is 2. The lowest BCUT2D eigenvalue weighted by atomic mass is 9.97. The number of fused-ring (bicyclic) bond motifs is 2. The summed E-state index contributed by atoms with van der Waals surface area (Å²) < 4.78 is 16.6. The van der Waals surface area contributed by atoms with Gasteiger partial charge in [-0.05, 0) is 75.3 Å². The molecule has 2 aromatic rings. The van der Waals surface area contributed by atoms with Gasteiger partial charge in [-0.2, -0.15) is 0 Å². The van der Waals surface area contributed by atoms with Crippen LogP contribution in [0.2, 0.25) is 0 Å². The van der Waals surface area contributed by atoms with Crippen molar-refractivity contribution in [2.45, 2.75) is 108 Å². The van der Waals surface area contributed by atoms with Gasteiger partial charge in [-0.3, -0.25) is 42.9 Å². The van der Waals surface area contributed by atoms with E-state index in [-0.39, 0.29) is 51.6 Å². The normalized spacial score (nSPS) is 25.0. The van der Waals surface area contributed by atoms with Crippen molar-refractivity contribution in [2.75, 3.05) is 19.6 Å². The van der Waals surface area contributed by atoms with Gasteiger partial charge in [-0.15, -0.1) is 0 Å². The van der Waals surface area contributed by atoms with Gasteiger partial charge in [0.15, 0.2) is 0 Å². The second kappa shape index (κ2) is 21.7. The number of hydrogen-bond donors (Lipinski definition) is 10. The van der Waals surface area contributed by atoms with Gasteiger partial charge in [0.1, 0.15) is 36.3 Å². The van der Waals surface area contributed by atoms with Crippen molar-refractivity contribution in [2.24, 2.45) is 11.5 Å². The van der Waals surface area contributed by atoms with Crippen molar-refractivity contribution in [3.8, 4) is 0 Å². The number of nitrogens with two attached hydrogens (primary N) is 2. The maximum absolute atomic E-state index is 14.3. The number of carbonyl (C=O) groups is 8. The van der Waals surface area contributed by atoms with Crippen molar-refractivity contribution in [3.63, 3.8) is 0 Å². The lowest BCUT2D eigenvalue weighted by Crippen LogP contribution is -2.62. The molecule has 0 aliphatic carbocycles. The highest BCUT2D eigenvalue weighted by molar-refractivity contribution is 7.46. The summed E-state index contributed by atoms with van der Waals surface area (Å²) in [6.07, 6.45) is -1.12. The predicted molar refractivity (Wildman–Crippen MR) is 215 cm³/mol. The maximum Gasteiger partial charge on any atom is 0.469 e. The summed E-state index contributed by atoms with van der Waals surface area (Å²) in [5, 5.41) is 16.8. The molecule has 2 fully saturated rings. The third kappa shape index (κ3) is 13.8. The summed E-state index contributed by atoms with van der Waals surface area (Å²) in [5.41, 5.74) is 11.7. The van der Waals surface area contributed by atoms with Gasteiger partial charge in [0, 0.05) is 19.4 Å². The molecule has 0 bridgehead atoms. The van der Waals surface area contributed by atoms with Crippen LogP contribution in [0.5, 0.6) is 0 Å². The molecule has 2 aliphatic heterocycles. The summed E-state index contributed by atoms with van der Waals surface area (Å²) in [7, 11) is -5.22. The highest BCUT2D eigenvalue weighted by Gasteiger charge is 2.41. The molecule has 0 spiro atoms. The minimum atomic E-state index is -5.22. The van der Waals surface area contributed by atoms with Gasteiger partial charge >= 0.3 is 7.82 Å². The molecule has 2 saturated heterocycles. The molecular weight excluding hydrogens is 805 g/mol. The van der Waals surface area contributed by atoms with E-state index in [2.05, 4.69) is 31.9 Å². The number of piperidine rings is 1. The van der Waals surface area contributed by atoms with Crippen molar-refractivity contribution >= 4 is 65.9 Å². The first-order valence-electron chi connectivity index (χ1n) is 19.7. The van der Waals surface area contributed by atoms with Crippen LogP contribution in [0.3, 0.4) is 0 Å². The Kier molecular flexibility index (Phi) is 17.1. The average molecular weight is 860 g/mol. The van der Waals surface area contributed by atoms with Crippen molar-refractivity contribution in [3.05, 3.63) is 48.0 Å². The first kappa shape index (κ1) is 47.2. The Morgan fingerprint density at radius 1 is 0.850 bits per heavy atom. The van der Waals surface area contributed by atoms with Crippen molar-refractivity contribution < 1.29 is 57.2 Å². The van der Waals surface area contributed by atoms with E-state index in [1.54, 1.807) is 6.07 Å². The fourth-order valence-electron chi connectivity index (χ4n) is 7.00. The number of carbonyl (C=O) groups excluding carboxylic acids is 8. The third-order valence-electron chi connectivity index (χ3n) is 10.1. The van der Waals surface area contributed by atoms with Crippen LogP contribution < -0.4 is 43.4 Å². The Hall–Kier alpha value is -5.47. The number of phosphoric ester groups is 1. The lowest BCUT2D eigenvalue weighted by Gasteiger charge is -2.38. The van der Waals surface area contributed by atoms with Gasteiger partial charge in [0.25, 0.3) is 0 Å². The van der Waals surface area contributed by atoms with Crippen LogP contribution in [-0.4, -0.2) is 124 Å². The van der Waals surface area contributed by atoms with Gasteiger partial charge < -0.3 is 58.1 Å². The van der Waals surface area contributed by atoms with Crippen LogP contribution in [0.25, 0.3) is 10.8 Å². The molecule has 2 heterocycles. The molecule has 4 rings (SSSR count). The quantitative estimate of drug-likeness (QED) is 0.108. The lowest BCUT2D eigenvalue weighted by molar-refractivity contribution is -0.147. The Morgan fingerprint density at radius 3 is 2.15 bits per heavy atom. The molecular formula is C38H54N9O12P. The summed E-state index contributed by atoms with van der Waals surface area (Å²) in [4.78, 5) is 128. The molecule has 8 amide bonds. The van der Waals surface area contributed by atoms with Crippen molar-refractivity contribution in [1.29, 1.82) is 0 Å². The summed E-state index contributed by atoms with van der Waals surface area (Å²) in [6.45, 7) is 1.74. The van der Waals surface area contributed by atoms with Gasteiger partial charge in [0.2, 0.25) is 47.3 Å². The summed E-state index contributed by atoms with van der Waals surface area (Å²) in [5.74, 6) is -6.90. The molecule has 0 unspecified atom stereocenters. The average Bonchev–Trinajstić information content (AvgIpc) is 3.20. The number of nitrogens with zero attached hydrogens (tertiary/aromatic N) is 1. The van der Waals surface area contributed by atoms with E-state index in [1.165, 1.54) is 6.92 Å². The van der Waals surface area contributed by atoms with E-state index in [1.807, 2.05) is 36.4 Å². The summed E-state index contributed by atoms with van der Waals surface area (Å²) >= 11 is 0. The first-order chi connectivity index (χ1) is 28.4. The zero-order valence-electron chi connectivity index (χ0n) is 33.4. The van der Waals surface area contributed by atoms with E-state index in [4.69, 9.17) is 16.0 Å². The van der Waals surface area contributed by atoms with Crippen LogP contribution in [-0.2, 0) is 53.9 Å². The Labute approximate surface area is 346 Å². The first-order valence-corrected chi connectivity index (χ1v) is 21.2. The maximum atomic E-state index is 14.3. The van der Waals surface area contributed by atoms with Crippen LogP contribution >= 0.6 is 7.82 Å². The van der Waals surface area contributed by atoms with Crippen LogP contribution in [0, 0.1) is 0 Å². The molecule has 21 nitrogen and oxygen atoms in total. The molecule has 60 heavy (non-hydrogen) atoms. The fraction of sp³-hybridized carbons (Fsp3) is 0.526. The standard InChI is InChI=1S/C38H54N9O12P/c1-21-33(50)41-20-31(49)46-32(22(2)59-60(56,57)58)38(55)47-17-6-5-11-29(47)37(54)45-28(19-23-12-13-24-8-3-4-9-25(24)18-23)36(53)43-26(10-7-16-39)35(52)44-27(34(51)42-21)14-15-30(40)48/h3-4,8-9,12-13,18,21-22,26-29,32H,5-7,10-11,14-17,19-20,39H2,1-2H3,(H2,40,48)(H,41,50)(H,42,51)(H,43,53)(H,44,52)(H,45,54)(H,46,49)(H2,56,57,58)/t21-,22-,26+,27+,28+,29+,32+/m1/s1. The van der Waals surface area contributed by atoms with Gasteiger partial charge in [-0.25, -0.2) is 4.57 Å². The highest BCUT2D eigenvalue weighted by atomic mass is 31.2. The number of hydrogen-bond acceptors (Lipinski definition) is 11. The Morgan fingerprint density at radius 2 is 1.48 bits per heavy atom. The van der Waals surface area contributed by atoms with Crippen LogP contribution in [0.15, 0.2) is 42.5 Å². The van der Waals surface area contributed by atoms with Crippen LogP contribution in [0.1, 0.15) is 64.4 Å². The smallest absolute Gasteiger partial charge is 0.370 e. The predicted octanol–water partition coefficient (Wildman–Crippen LogP) is -2.16. The monoisotopic (exact) mass is 859 g/mol. The second-order valence-electron chi connectivity index (χ2n) is 14.8.